The summed E-state index contributed by atoms with van der Waals surface area (Å²) in [6.45, 7) is 0. The summed E-state index contributed by atoms with van der Waals surface area (Å²) < 4.78 is 5.09. The van der Waals surface area contributed by atoms with Crippen LogP contribution in [0.1, 0.15) is 10.4 Å². The maximum atomic E-state index is 11.9. The number of ketones is 1. The molecule has 0 N–H and O–H groups in total. The van der Waals surface area contributed by atoms with Crippen LogP contribution in [0.25, 0.3) is 0 Å². The van der Waals surface area contributed by atoms with E-state index in [0.717, 1.165) is 16.2 Å². The van der Waals surface area contributed by atoms with E-state index in [0.29, 0.717) is 5.75 Å². The first-order chi connectivity index (χ1) is 8.79. The van der Waals surface area contributed by atoms with Crippen molar-refractivity contribution in [3.63, 3.8) is 0 Å². The van der Waals surface area contributed by atoms with Gasteiger partial charge in [0, 0.05) is 10.5 Å². The number of hydrogen-bond donors (Lipinski definition) is 0. The molecule has 0 radical (unpaired) electrons. The number of thioether (sulfide) groups is 1. The van der Waals surface area contributed by atoms with Crippen molar-refractivity contribution in [3.8, 4) is 5.75 Å². The molecule has 0 saturated heterocycles. The predicted octanol–water partition coefficient (Wildman–Crippen LogP) is 3.67. The van der Waals surface area contributed by atoms with Crippen molar-refractivity contribution in [1.29, 1.82) is 0 Å². The molecule has 2 nitrogen and oxygen atoms in total. The Morgan fingerprint density at radius 3 is 2.33 bits per heavy atom. The minimum atomic E-state index is 0.149. The van der Waals surface area contributed by atoms with Crippen molar-refractivity contribution in [2.45, 2.75) is 4.90 Å². The van der Waals surface area contributed by atoms with Crippen molar-refractivity contribution < 1.29 is 9.53 Å². The minimum Gasteiger partial charge on any atom is -0.497 e. The highest BCUT2D eigenvalue weighted by atomic mass is 32.2. The third-order valence-electron chi connectivity index (χ3n) is 2.53. The maximum absolute atomic E-state index is 11.9. The second kappa shape index (κ2) is 6.26. The molecule has 0 aliphatic heterocycles. The average Bonchev–Trinajstić information content (AvgIpc) is 2.46. The second-order valence-corrected chi connectivity index (χ2v) is 4.80. The van der Waals surface area contributed by atoms with Gasteiger partial charge in [0.25, 0.3) is 0 Å². The van der Waals surface area contributed by atoms with Crippen LogP contribution in [-0.4, -0.2) is 18.6 Å². The number of methoxy groups -OCH3 is 1. The molecule has 0 aromatic heterocycles. The number of carbonyl (C=O) groups excluding carboxylic acids is 1. The summed E-state index contributed by atoms with van der Waals surface area (Å²) in [6, 6.07) is 17.1. The van der Waals surface area contributed by atoms with Crippen molar-refractivity contribution >= 4 is 17.5 Å². The van der Waals surface area contributed by atoms with Crippen molar-refractivity contribution in [2.24, 2.45) is 0 Å². The zero-order valence-electron chi connectivity index (χ0n) is 10.1. The van der Waals surface area contributed by atoms with E-state index in [-0.39, 0.29) is 5.78 Å². The van der Waals surface area contributed by atoms with Crippen LogP contribution in [0.2, 0.25) is 0 Å². The lowest BCUT2D eigenvalue weighted by molar-refractivity contribution is 0.102. The van der Waals surface area contributed by atoms with Gasteiger partial charge in [0.1, 0.15) is 5.75 Å². The molecule has 0 fully saturated rings. The normalized spacial score (nSPS) is 10.1. The van der Waals surface area contributed by atoms with Crippen LogP contribution >= 0.6 is 11.8 Å². The molecule has 0 aliphatic carbocycles. The van der Waals surface area contributed by atoms with Gasteiger partial charge < -0.3 is 4.74 Å². The molecule has 0 bridgehead atoms. The first-order valence-electron chi connectivity index (χ1n) is 5.64. The molecule has 0 atom stereocenters. The average molecular weight is 258 g/mol. The Morgan fingerprint density at radius 1 is 1.06 bits per heavy atom. The fourth-order valence-corrected chi connectivity index (χ4v) is 2.32. The van der Waals surface area contributed by atoms with Crippen LogP contribution < -0.4 is 4.74 Å². The van der Waals surface area contributed by atoms with E-state index < -0.39 is 0 Å². The van der Waals surface area contributed by atoms with Crippen molar-refractivity contribution in [3.05, 3.63) is 60.2 Å². The summed E-state index contributed by atoms with van der Waals surface area (Å²) in [6.07, 6.45) is 0. The Hall–Kier alpha value is -1.74. The van der Waals surface area contributed by atoms with E-state index in [9.17, 15) is 4.79 Å². The second-order valence-electron chi connectivity index (χ2n) is 3.75. The fraction of sp³-hybridized carbons (Fsp3) is 0.133. The first-order valence-corrected chi connectivity index (χ1v) is 6.63. The lowest BCUT2D eigenvalue weighted by Gasteiger charge is -2.03. The van der Waals surface area contributed by atoms with E-state index >= 15 is 0 Å². The zero-order chi connectivity index (χ0) is 12.8. The van der Waals surface area contributed by atoms with Gasteiger partial charge in [-0.1, -0.05) is 30.3 Å². The zero-order valence-corrected chi connectivity index (χ0v) is 10.9. The largest absolute Gasteiger partial charge is 0.497 e. The number of benzene rings is 2. The van der Waals surface area contributed by atoms with Gasteiger partial charge in [0.05, 0.1) is 12.9 Å². The number of hydrogen-bond acceptors (Lipinski definition) is 3. The number of Topliss-reactive ketones (excluding diaryl/α,β-unsaturated/α-hetero) is 1. The molecule has 0 heterocycles. The molecule has 0 saturated carbocycles. The summed E-state index contributed by atoms with van der Waals surface area (Å²) in [5.74, 6) is 1.43. The van der Waals surface area contributed by atoms with Gasteiger partial charge in [-0.05, 0) is 24.3 Å². The minimum absolute atomic E-state index is 0.149. The van der Waals surface area contributed by atoms with Gasteiger partial charge in [0.2, 0.25) is 0 Å². The lowest BCUT2D eigenvalue weighted by Crippen LogP contribution is -2.01. The highest BCUT2D eigenvalue weighted by molar-refractivity contribution is 8.00. The number of rotatable bonds is 5. The third-order valence-corrected chi connectivity index (χ3v) is 3.54. The van der Waals surface area contributed by atoms with Crippen LogP contribution in [0.15, 0.2) is 59.5 Å². The van der Waals surface area contributed by atoms with E-state index in [1.54, 1.807) is 7.11 Å². The molecule has 2 aromatic rings. The third kappa shape index (κ3) is 3.37. The molecule has 2 rings (SSSR count). The summed E-state index contributed by atoms with van der Waals surface area (Å²) in [7, 11) is 1.64. The molecule has 0 spiro atoms. The Morgan fingerprint density at radius 2 is 1.72 bits per heavy atom. The van der Waals surface area contributed by atoms with Gasteiger partial charge in [-0.25, -0.2) is 0 Å². The molecule has 18 heavy (non-hydrogen) atoms. The Bertz CT molecular complexity index is 506. The maximum Gasteiger partial charge on any atom is 0.173 e. The monoisotopic (exact) mass is 258 g/mol. The summed E-state index contributed by atoms with van der Waals surface area (Å²) in [5, 5.41) is 0. The molecular formula is C15H14O2S. The van der Waals surface area contributed by atoms with Crippen LogP contribution in [0, 0.1) is 0 Å². The van der Waals surface area contributed by atoms with E-state index in [4.69, 9.17) is 4.74 Å². The molecule has 0 aliphatic rings. The predicted molar refractivity (Wildman–Crippen MR) is 74.5 cm³/mol. The van der Waals surface area contributed by atoms with Gasteiger partial charge in [-0.15, -0.1) is 11.8 Å². The van der Waals surface area contributed by atoms with Crippen LogP contribution in [0.5, 0.6) is 5.75 Å². The van der Waals surface area contributed by atoms with Gasteiger partial charge in [0.15, 0.2) is 5.78 Å². The van der Waals surface area contributed by atoms with Crippen molar-refractivity contribution in [2.75, 3.05) is 12.9 Å². The van der Waals surface area contributed by atoms with E-state index in [1.807, 2.05) is 54.6 Å². The van der Waals surface area contributed by atoms with Gasteiger partial charge in [-0.2, -0.15) is 0 Å². The molecular weight excluding hydrogens is 244 g/mol. The smallest absolute Gasteiger partial charge is 0.173 e. The highest BCUT2D eigenvalue weighted by Crippen LogP contribution is 2.22. The molecule has 2 aromatic carbocycles. The Balaban J connectivity index is 1.93. The first kappa shape index (κ1) is 12.7. The van der Waals surface area contributed by atoms with Crippen LogP contribution in [0.3, 0.4) is 0 Å². The van der Waals surface area contributed by atoms with E-state index in [1.165, 1.54) is 11.8 Å². The topological polar surface area (TPSA) is 26.3 Å². The Kier molecular flexibility index (Phi) is 4.42. The number of carbonyl (C=O) groups is 1. The van der Waals surface area contributed by atoms with Crippen LogP contribution in [-0.2, 0) is 0 Å². The quantitative estimate of drug-likeness (QED) is 0.604. The summed E-state index contributed by atoms with van der Waals surface area (Å²) >= 11 is 1.54. The summed E-state index contributed by atoms with van der Waals surface area (Å²) in [5.41, 5.74) is 0.763. The Labute approximate surface area is 111 Å². The fourth-order valence-electron chi connectivity index (χ4n) is 1.53. The molecule has 0 unspecified atom stereocenters. The van der Waals surface area contributed by atoms with Crippen molar-refractivity contribution in [1.82, 2.24) is 0 Å². The highest BCUT2D eigenvalue weighted by Gasteiger charge is 2.05. The van der Waals surface area contributed by atoms with Gasteiger partial charge >= 0.3 is 0 Å². The SMILES string of the molecule is COc1ccc(SCC(=O)c2ccccc2)cc1. The number of ether oxygens (including phenoxy) is 1. The molecule has 0 amide bonds. The molecule has 92 valence electrons. The van der Waals surface area contributed by atoms with E-state index in [2.05, 4.69) is 0 Å². The lowest BCUT2D eigenvalue weighted by atomic mass is 10.2. The molecule has 3 heteroatoms. The van der Waals surface area contributed by atoms with Crippen LogP contribution in [0.4, 0.5) is 0 Å². The summed E-state index contributed by atoms with van der Waals surface area (Å²) in [4.78, 5) is 13.0. The standard InChI is InChI=1S/C15H14O2S/c1-17-13-7-9-14(10-8-13)18-11-15(16)12-5-3-2-4-6-12/h2-10H,11H2,1H3. The van der Waals surface area contributed by atoms with Gasteiger partial charge in [-0.3, -0.25) is 4.79 Å².